The maximum Gasteiger partial charge on any atom is 0.394 e. The summed E-state index contributed by atoms with van der Waals surface area (Å²) in [6.07, 6.45) is 2.28. The highest BCUT2D eigenvalue weighted by atomic mass is 16.3. The summed E-state index contributed by atoms with van der Waals surface area (Å²) in [5, 5.41) is 9.32. The fraction of sp³-hybridized carbons (Fsp3) is 0.500. The minimum Gasteiger partial charge on any atom is -0.318 e. The molecule has 1 aliphatic carbocycles. The van der Waals surface area contributed by atoms with E-state index in [9.17, 15) is 9.90 Å². The van der Waals surface area contributed by atoms with Crippen molar-refractivity contribution in [2.45, 2.75) is 18.6 Å². The molecule has 1 aliphatic rings. The third-order valence-corrected chi connectivity index (χ3v) is 2.00. The Labute approximate surface area is 65.2 Å². The van der Waals surface area contributed by atoms with Gasteiger partial charge in [-0.05, 0) is 6.42 Å². The number of nitrogens with zero attached hydrogens (tertiary/aromatic N) is 1. The normalized spacial score (nSPS) is 36.7. The lowest BCUT2D eigenvalue weighted by Gasteiger charge is -2.04. The fourth-order valence-electron chi connectivity index (χ4n) is 1.24. The zero-order valence-corrected chi connectivity index (χ0v) is 6.08. The van der Waals surface area contributed by atoms with Crippen molar-refractivity contribution in [2.75, 3.05) is 0 Å². The molecule has 1 rings (SSSR count). The van der Waals surface area contributed by atoms with E-state index in [2.05, 4.69) is 11.4 Å². The number of hydrogen-bond donors (Lipinski definition) is 1. The van der Waals surface area contributed by atoms with Gasteiger partial charge in [-0.3, -0.25) is 9.64 Å². The van der Waals surface area contributed by atoms with Crippen LogP contribution < -0.4 is 0 Å². The third kappa shape index (κ3) is 1.06. The van der Waals surface area contributed by atoms with Crippen LogP contribution >= 0.6 is 0 Å². The molecule has 3 heteroatoms. The Morgan fingerprint density at radius 2 is 2.55 bits per heavy atom. The van der Waals surface area contributed by atoms with Crippen LogP contribution in [0.25, 0.3) is 4.85 Å². The highest BCUT2D eigenvalue weighted by molar-refractivity contribution is 5.93. The van der Waals surface area contributed by atoms with Crippen LogP contribution in [0, 0.1) is 12.5 Å². The van der Waals surface area contributed by atoms with Gasteiger partial charge in [0.2, 0.25) is 0 Å². The van der Waals surface area contributed by atoms with Gasteiger partial charge in [0.25, 0.3) is 5.78 Å². The van der Waals surface area contributed by atoms with Gasteiger partial charge >= 0.3 is 5.72 Å². The first-order valence-electron chi connectivity index (χ1n) is 3.42. The minimum atomic E-state index is -1.75. The molecule has 0 aromatic carbocycles. The molecule has 0 aromatic heterocycles. The molecule has 1 saturated carbocycles. The van der Waals surface area contributed by atoms with Gasteiger partial charge in [-0.15, -0.1) is 6.58 Å². The van der Waals surface area contributed by atoms with Crippen molar-refractivity contribution in [3.63, 3.8) is 0 Å². The number of aliphatic hydroxyl groups is 1. The van der Waals surface area contributed by atoms with E-state index in [-0.39, 0.29) is 12.3 Å². The van der Waals surface area contributed by atoms with Gasteiger partial charge in [-0.2, -0.15) is 0 Å². The maximum atomic E-state index is 11.2. The Balaban J connectivity index is 2.88. The first kappa shape index (κ1) is 7.96. The zero-order valence-electron chi connectivity index (χ0n) is 6.08. The first-order valence-corrected chi connectivity index (χ1v) is 3.42. The molecule has 0 amide bonds. The molecule has 0 spiro atoms. The summed E-state index contributed by atoms with van der Waals surface area (Å²) in [7, 11) is 0. The van der Waals surface area contributed by atoms with Crippen LogP contribution in [0.5, 0.6) is 0 Å². The van der Waals surface area contributed by atoms with Gasteiger partial charge in [0.1, 0.15) is 0 Å². The Bertz CT molecular complexity index is 241. The van der Waals surface area contributed by atoms with Crippen LogP contribution in [0.3, 0.4) is 0 Å². The summed E-state index contributed by atoms with van der Waals surface area (Å²) >= 11 is 0. The summed E-state index contributed by atoms with van der Waals surface area (Å²) in [4.78, 5) is 14.1. The quantitative estimate of drug-likeness (QED) is 0.444. The van der Waals surface area contributed by atoms with Gasteiger partial charge in [-0.25, -0.2) is 6.57 Å². The summed E-state index contributed by atoms with van der Waals surface area (Å²) < 4.78 is 0. The summed E-state index contributed by atoms with van der Waals surface area (Å²) in [5.41, 5.74) is -1.75. The smallest absolute Gasteiger partial charge is 0.318 e. The standard InChI is InChI=1S/C8H9NO2/c1-3-6-4-5-8(11,9-2)7(6)10/h3,6,11H,1,4-5H2. The molecule has 11 heavy (non-hydrogen) atoms. The molecule has 58 valence electrons. The van der Waals surface area contributed by atoms with E-state index in [4.69, 9.17) is 6.57 Å². The second-order valence-corrected chi connectivity index (χ2v) is 2.67. The molecule has 2 unspecified atom stereocenters. The monoisotopic (exact) mass is 151 g/mol. The average molecular weight is 151 g/mol. The van der Waals surface area contributed by atoms with Crippen LogP contribution in [0.4, 0.5) is 0 Å². The van der Waals surface area contributed by atoms with Crippen molar-refractivity contribution in [1.82, 2.24) is 0 Å². The molecule has 0 heterocycles. The van der Waals surface area contributed by atoms with E-state index in [0.717, 1.165) is 0 Å². The van der Waals surface area contributed by atoms with Crippen molar-refractivity contribution in [3.8, 4) is 0 Å². The van der Waals surface area contributed by atoms with Crippen LogP contribution in [-0.4, -0.2) is 16.6 Å². The van der Waals surface area contributed by atoms with Crippen LogP contribution in [0.2, 0.25) is 0 Å². The number of carbonyl (C=O) groups is 1. The van der Waals surface area contributed by atoms with E-state index in [1.165, 1.54) is 6.08 Å². The topological polar surface area (TPSA) is 41.7 Å². The van der Waals surface area contributed by atoms with E-state index in [1.807, 2.05) is 0 Å². The summed E-state index contributed by atoms with van der Waals surface area (Å²) in [5.74, 6) is -0.725. The largest absolute Gasteiger partial charge is 0.394 e. The summed E-state index contributed by atoms with van der Waals surface area (Å²) in [6.45, 7) is 10.1. The summed E-state index contributed by atoms with van der Waals surface area (Å²) in [6, 6.07) is 0. The number of ketones is 1. The molecular formula is C8H9NO2. The second kappa shape index (κ2) is 2.48. The highest BCUT2D eigenvalue weighted by Gasteiger charge is 2.51. The number of Topliss-reactive ketones (excluding diaryl/α,β-unsaturated/α-hetero) is 1. The van der Waals surface area contributed by atoms with E-state index in [0.29, 0.717) is 6.42 Å². The molecular weight excluding hydrogens is 142 g/mol. The fourth-order valence-corrected chi connectivity index (χ4v) is 1.24. The molecule has 1 fully saturated rings. The van der Waals surface area contributed by atoms with Crippen molar-refractivity contribution in [3.05, 3.63) is 24.1 Å². The number of allylic oxidation sites excluding steroid dienone is 1. The SMILES string of the molecule is [C-]#[N+]C1(O)CCC(C=C)C1=O. The number of carbonyl (C=O) groups excluding carboxylic acids is 1. The lowest BCUT2D eigenvalue weighted by atomic mass is 10.1. The Morgan fingerprint density at radius 1 is 1.91 bits per heavy atom. The Morgan fingerprint density at radius 3 is 2.82 bits per heavy atom. The maximum absolute atomic E-state index is 11.2. The molecule has 0 radical (unpaired) electrons. The number of hydrogen-bond acceptors (Lipinski definition) is 2. The van der Waals surface area contributed by atoms with Crippen LogP contribution in [0.1, 0.15) is 12.8 Å². The second-order valence-electron chi connectivity index (χ2n) is 2.67. The van der Waals surface area contributed by atoms with Gasteiger partial charge in [0.05, 0.1) is 6.42 Å². The van der Waals surface area contributed by atoms with Gasteiger partial charge in [0, 0.05) is 5.92 Å². The molecule has 1 N–H and O–H groups in total. The van der Waals surface area contributed by atoms with Gasteiger partial charge in [-0.1, -0.05) is 6.08 Å². The van der Waals surface area contributed by atoms with E-state index >= 15 is 0 Å². The third-order valence-electron chi connectivity index (χ3n) is 2.00. The molecule has 2 atom stereocenters. The van der Waals surface area contributed by atoms with Crippen LogP contribution in [-0.2, 0) is 4.79 Å². The number of rotatable bonds is 1. The molecule has 0 aliphatic heterocycles. The lowest BCUT2D eigenvalue weighted by molar-refractivity contribution is -0.131. The predicted molar refractivity (Wildman–Crippen MR) is 39.5 cm³/mol. The molecule has 0 bridgehead atoms. The minimum absolute atomic E-state index is 0.242. The Hall–Kier alpha value is -1.14. The predicted octanol–water partition coefficient (Wildman–Crippen LogP) is 0.759. The van der Waals surface area contributed by atoms with Gasteiger partial charge < -0.3 is 5.11 Å². The van der Waals surface area contributed by atoms with Crippen LogP contribution in [0.15, 0.2) is 12.7 Å². The van der Waals surface area contributed by atoms with E-state index < -0.39 is 11.5 Å². The Kier molecular flexibility index (Phi) is 1.79. The lowest BCUT2D eigenvalue weighted by Crippen LogP contribution is -2.31. The average Bonchev–Trinajstić information content (AvgIpc) is 2.31. The van der Waals surface area contributed by atoms with E-state index in [1.54, 1.807) is 0 Å². The van der Waals surface area contributed by atoms with Crippen molar-refractivity contribution in [1.29, 1.82) is 0 Å². The zero-order chi connectivity index (χ0) is 8.48. The van der Waals surface area contributed by atoms with Gasteiger partial charge in [0.15, 0.2) is 0 Å². The highest BCUT2D eigenvalue weighted by Crippen LogP contribution is 2.32. The molecule has 0 saturated heterocycles. The molecule has 0 aromatic rings. The van der Waals surface area contributed by atoms with Crippen molar-refractivity contribution in [2.24, 2.45) is 5.92 Å². The molecule has 3 nitrogen and oxygen atoms in total. The first-order chi connectivity index (χ1) is 5.14. The van der Waals surface area contributed by atoms with Crippen molar-refractivity contribution < 1.29 is 9.90 Å². The van der Waals surface area contributed by atoms with Crippen molar-refractivity contribution >= 4 is 5.78 Å².